The van der Waals surface area contributed by atoms with Crippen LogP contribution in [0.3, 0.4) is 0 Å². The zero-order valence-electron chi connectivity index (χ0n) is 22.6. The molecule has 0 saturated carbocycles. The van der Waals surface area contributed by atoms with E-state index in [9.17, 15) is 0 Å². The molecular formula is C28H49BrO7. The zero-order chi connectivity index (χ0) is 25.9. The van der Waals surface area contributed by atoms with Gasteiger partial charge >= 0.3 is 0 Å². The van der Waals surface area contributed by atoms with Crippen molar-refractivity contribution in [2.75, 3.05) is 79.8 Å². The lowest BCUT2D eigenvalue weighted by atomic mass is 10.1. The largest absolute Gasteiger partial charge is 0.493 e. The Kier molecular flexibility index (Phi) is 23.7. The van der Waals surface area contributed by atoms with Gasteiger partial charge in [0.2, 0.25) is 0 Å². The first-order valence-electron chi connectivity index (χ1n) is 13.6. The van der Waals surface area contributed by atoms with Crippen molar-refractivity contribution in [3.05, 3.63) is 23.8 Å². The average Bonchev–Trinajstić information content (AvgIpc) is 2.89. The molecule has 0 radical (unpaired) electrons. The van der Waals surface area contributed by atoms with Crippen LogP contribution in [0.5, 0.6) is 11.5 Å². The van der Waals surface area contributed by atoms with Crippen LogP contribution in [0.2, 0.25) is 0 Å². The van der Waals surface area contributed by atoms with Gasteiger partial charge in [-0.3, -0.25) is 0 Å². The van der Waals surface area contributed by atoms with E-state index in [0.29, 0.717) is 66.1 Å². The monoisotopic (exact) mass is 576 g/mol. The van der Waals surface area contributed by atoms with Crippen molar-refractivity contribution >= 4 is 15.9 Å². The second-order valence-corrected chi connectivity index (χ2v) is 9.12. The van der Waals surface area contributed by atoms with Crippen LogP contribution in [0.4, 0.5) is 0 Å². The lowest BCUT2D eigenvalue weighted by Crippen LogP contribution is -2.14. The topological polar surface area (TPSA) is 64.6 Å². The Bertz CT molecular complexity index is 603. The van der Waals surface area contributed by atoms with Crippen LogP contribution >= 0.6 is 15.9 Å². The van der Waals surface area contributed by atoms with E-state index >= 15 is 0 Å². The summed E-state index contributed by atoms with van der Waals surface area (Å²) in [7, 11) is 1.65. The van der Waals surface area contributed by atoms with Crippen molar-refractivity contribution in [1.82, 2.24) is 0 Å². The van der Waals surface area contributed by atoms with E-state index in [1.165, 1.54) is 44.9 Å². The highest BCUT2D eigenvalue weighted by atomic mass is 79.9. The molecule has 0 bridgehead atoms. The van der Waals surface area contributed by atoms with Crippen LogP contribution in [-0.4, -0.2) is 79.8 Å². The highest BCUT2D eigenvalue weighted by molar-refractivity contribution is 9.08. The molecule has 7 nitrogen and oxygen atoms in total. The summed E-state index contributed by atoms with van der Waals surface area (Å²) in [6.45, 7) is 8.45. The number of benzene rings is 1. The Balaban J connectivity index is 2.04. The molecule has 0 aliphatic heterocycles. The summed E-state index contributed by atoms with van der Waals surface area (Å²) in [5.74, 6) is 1.67. The Morgan fingerprint density at radius 1 is 0.528 bits per heavy atom. The van der Waals surface area contributed by atoms with Crippen molar-refractivity contribution in [2.45, 2.75) is 63.6 Å². The van der Waals surface area contributed by atoms with Gasteiger partial charge in [-0.15, -0.1) is 0 Å². The molecule has 0 aliphatic rings. The van der Waals surface area contributed by atoms with Gasteiger partial charge in [-0.2, -0.15) is 0 Å². The van der Waals surface area contributed by atoms with Crippen molar-refractivity contribution in [3.63, 3.8) is 0 Å². The molecule has 0 heterocycles. The molecule has 0 amide bonds. The Morgan fingerprint density at radius 3 is 1.47 bits per heavy atom. The summed E-state index contributed by atoms with van der Waals surface area (Å²) in [4.78, 5) is 0. The summed E-state index contributed by atoms with van der Waals surface area (Å²) >= 11 is 3.53. The highest BCUT2D eigenvalue weighted by Crippen LogP contribution is 2.25. The van der Waals surface area contributed by atoms with E-state index in [0.717, 1.165) is 35.4 Å². The second kappa shape index (κ2) is 25.7. The van der Waals surface area contributed by atoms with Crippen molar-refractivity contribution < 1.29 is 33.2 Å². The number of alkyl halides is 1. The smallest absolute Gasteiger partial charge is 0.123 e. The van der Waals surface area contributed by atoms with Crippen LogP contribution in [-0.2, 0) is 29.0 Å². The van der Waals surface area contributed by atoms with Gasteiger partial charge in [0, 0.05) is 18.5 Å². The molecule has 36 heavy (non-hydrogen) atoms. The maximum atomic E-state index is 5.99. The van der Waals surface area contributed by atoms with E-state index in [1.54, 1.807) is 7.11 Å². The molecule has 0 spiro atoms. The van der Waals surface area contributed by atoms with E-state index in [-0.39, 0.29) is 0 Å². The molecule has 0 saturated heterocycles. The van der Waals surface area contributed by atoms with Gasteiger partial charge in [0.25, 0.3) is 0 Å². The number of halogens is 1. The number of rotatable bonds is 27. The van der Waals surface area contributed by atoms with Crippen LogP contribution < -0.4 is 9.47 Å². The van der Waals surface area contributed by atoms with Gasteiger partial charge in [-0.1, -0.05) is 67.8 Å². The summed E-state index contributed by atoms with van der Waals surface area (Å²) in [6.07, 6.45) is 10.4. The molecule has 0 aromatic heterocycles. The van der Waals surface area contributed by atoms with Gasteiger partial charge in [0.1, 0.15) is 18.1 Å². The normalized spacial score (nSPS) is 11.2. The van der Waals surface area contributed by atoms with Crippen molar-refractivity contribution in [1.29, 1.82) is 0 Å². The minimum atomic E-state index is 0.482. The number of unbranched alkanes of at least 4 members (excludes halogenated alkanes) is 7. The van der Waals surface area contributed by atoms with Crippen molar-refractivity contribution in [3.8, 4) is 11.5 Å². The van der Waals surface area contributed by atoms with Crippen LogP contribution in [0.15, 0.2) is 18.2 Å². The number of hydrogen-bond acceptors (Lipinski definition) is 7. The minimum absolute atomic E-state index is 0.482. The lowest BCUT2D eigenvalue weighted by Gasteiger charge is -2.12. The Morgan fingerprint density at radius 2 is 0.972 bits per heavy atom. The molecule has 0 N–H and O–H groups in total. The molecule has 1 aromatic rings. The average molecular weight is 578 g/mol. The van der Waals surface area contributed by atoms with Crippen molar-refractivity contribution in [2.24, 2.45) is 0 Å². The van der Waals surface area contributed by atoms with E-state index in [2.05, 4.69) is 28.9 Å². The van der Waals surface area contributed by atoms with Gasteiger partial charge in [-0.05, 0) is 24.1 Å². The quantitative estimate of drug-likeness (QED) is 0.0913. The van der Waals surface area contributed by atoms with E-state index < -0.39 is 0 Å². The first-order valence-corrected chi connectivity index (χ1v) is 14.7. The summed E-state index contributed by atoms with van der Waals surface area (Å²) < 4.78 is 38.6. The van der Waals surface area contributed by atoms with Crippen LogP contribution in [0.25, 0.3) is 0 Å². The fourth-order valence-electron chi connectivity index (χ4n) is 3.42. The van der Waals surface area contributed by atoms with Gasteiger partial charge in [0.15, 0.2) is 0 Å². The zero-order valence-corrected chi connectivity index (χ0v) is 24.2. The highest BCUT2D eigenvalue weighted by Gasteiger charge is 2.04. The summed E-state index contributed by atoms with van der Waals surface area (Å²) in [5, 5.41) is 0.761. The Labute approximate surface area is 227 Å². The van der Waals surface area contributed by atoms with E-state index in [1.807, 2.05) is 12.1 Å². The minimum Gasteiger partial charge on any atom is -0.493 e. The third-order valence-electron chi connectivity index (χ3n) is 5.40. The van der Waals surface area contributed by atoms with Gasteiger partial charge in [0.05, 0.1) is 66.1 Å². The summed E-state index contributed by atoms with van der Waals surface area (Å²) in [5.41, 5.74) is 1.14. The molecular weight excluding hydrogens is 528 g/mol. The maximum Gasteiger partial charge on any atom is 0.123 e. The predicted molar refractivity (Wildman–Crippen MR) is 148 cm³/mol. The Hall–Kier alpha value is -0.900. The first-order chi connectivity index (χ1) is 17.8. The predicted octanol–water partition coefficient (Wildman–Crippen LogP) is 6.19. The molecule has 1 aromatic carbocycles. The first kappa shape index (κ1) is 33.1. The van der Waals surface area contributed by atoms with Crippen LogP contribution in [0, 0.1) is 0 Å². The second-order valence-electron chi connectivity index (χ2n) is 8.56. The molecule has 1 rings (SSSR count). The third kappa shape index (κ3) is 20.2. The molecule has 210 valence electrons. The van der Waals surface area contributed by atoms with E-state index in [4.69, 9.17) is 33.2 Å². The SMILES string of the molecule is CCCCCCCCCCOc1cc(CBr)cc(OCCOCCOCCOCCOCCOC)c1. The fraction of sp³-hybridized carbons (Fsp3) is 0.786. The molecule has 8 heteroatoms. The lowest BCUT2D eigenvalue weighted by molar-refractivity contribution is -0.00979. The molecule has 0 fully saturated rings. The fourth-order valence-corrected chi connectivity index (χ4v) is 3.75. The maximum absolute atomic E-state index is 5.99. The number of methoxy groups -OCH3 is 1. The number of ether oxygens (including phenoxy) is 7. The van der Waals surface area contributed by atoms with Gasteiger partial charge < -0.3 is 33.2 Å². The van der Waals surface area contributed by atoms with Crippen LogP contribution in [0.1, 0.15) is 63.9 Å². The molecule has 0 aliphatic carbocycles. The number of hydrogen-bond donors (Lipinski definition) is 0. The standard InChI is InChI=1S/C28H49BrO7/c1-3-4-5-6-7-8-9-10-11-35-27-22-26(25-29)23-28(24-27)36-21-20-34-19-18-33-17-16-32-15-14-31-13-12-30-2/h22-24H,3-21,25H2,1-2H3. The molecule has 0 unspecified atom stereocenters. The summed E-state index contributed by atoms with van der Waals surface area (Å²) in [6, 6.07) is 6.06. The third-order valence-corrected chi connectivity index (χ3v) is 6.05. The van der Waals surface area contributed by atoms with Gasteiger partial charge in [-0.25, -0.2) is 0 Å². The molecule has 0 atom stereocenters.